The summed E-state index contributed by atoms with van der Waals surface area (Å²) < 4.78 is 1.02. The first kappa shape index (κ1) is 14.2. The maximum absolute atomic E-state index is 4.46. The number of aromatic nitrogens is 1. The van der Waals surface area contributed by atoms with Crippen molar-refractivity contribution < 1.29 is 0 Å². The largest absolute Gasteiger partial charge is 0.316 e. The summed E-state index contributed by atoms with van der Waals surface area (Å²) in [4.78, 5) is 4.46. The molecule has 0 amide bonds. The quantitative estimate of drug-likeness (QED) is 0.907. The molecule has 0 bridgehead atoms. The normalized spacial score (nSPS) is 14.1. The molecule has 0 radical (unpaired) electrons. The van der Waals surface area contributed by atoms with E-state index in [9.17, 15) is 0 Å². The van der Waals surface area contributed by atoms with Crippen molar-refractivity contribution >= 4 is 15.9 Å². The highest BCUT2D eigenvalue weighted by Gasteiger charge is 2.17. The highest BCUT2D eigenvalue weighted by atomic mass is 79.9. The second-order valence-electron chi connectivity index (χ2n) is 4.77. The van der Waals surface area contributed by atoms with Crippen LogP contribution in [0.25, 0.3) is 0 Å². The summed E-state index contributed by atoms with van der Waals surface area (Å²) in [5, 5.41) is 3.41. The van der Waals surface area contributed by atoms with Crippen molar-refractivity contribution in [3.8, 4) is 0 Å². The van der Waals surface area contributed by atoms with Crippen molar-refractivity contribution in [3.63, 3.8) is 0 Å². The molecule has 1 aromatic heterocycles. The Morgan fingerprint density at radius 1 is 1.16 bits per heavy atom. The van der Waals surface area contributed by atoms with Gasteiger partial charge in [-0.2, -0.15) is 0 Å². The zero-order valence-corrected chi connectivity index (χ0v) is 12.9. The van der Waals surface area contributed by atoms with Gasteiger partial charge >= 0.3 is 0 Å². The van der Waals surface area contributed by atoms with Gasteiger partial charge in [0.05, 0.1) is 0 Å². The summed E-state index contributed by atoms with van der Waals surface area (Å²) >= 11 is 3.42. The van der Waals surface area contributed by atoms with Crippen LogP contribution in [0.15, 0.2) is 53.1 Å². The lowest BCUT2D eigenvalue weighted by Crippen LogP contribution is -2.33. The maximum atomic E-state index is 4.46. The fourth-order valence-corrected chi connectivity index (χ4v) is 2.50. The first-order valence-corrected chi connectivity index (χ1v) is 7.32. The van der Waals surface area contributed by atoms with Crippen LogP contribution in [0.2, 0.25) is 0 Å². The number of nitrogens with one attached hydrogen (secondary N) is 1. The van der Waals surface area contributed by atoms with Crippen LogP contribution in [0.5, 0.6) is 0 Å². The van der Waals surface area contributed by atoms with Crippen LogP contribution in [0.3, 0.4) is 0 Å². The van der Waals surface area contributed by atoms with Crippen molar-refractivity contribution in [1.29, 1.82) is 0 Å². The van der Waals surface area contributed by atoms with Gasteiger partial charge in [0.2, 0.25) is 0 Å². The minimum Gasteiger partial charge on any atom is -0.316 e. The van der Waals surface area contributed by atoms with E-state index in [1.807, 2.05) is 19.3 Å². The molecule has 2 nitrogen and oxygen atoms in total. The van der Waals surface area contributed by atoms with Crippen molar-refractivity contribution in [2.75, 3.05) is 7.05 Å². The molecule has 2 aromatic rings. The Kier molecular flexibility index (Phi) is 5.11. The molecular formula is C16H19BrN2. The van der Waals surface area contributed by atoms with Crippen molar-refractivity contribution in [3.05, 3.63) is 64.4 Å². The molecule has 0 spiro atoms. The van der Waals surface area contributed by atoms with E-state index in [4.69, 9.17) is 0 Å². The van der Waals surface area contributed by atoms with Crippen LogP contribution < -0.4 is 5.32 Å². The zero-order chi connectivity index (χ0) is 13.7. The number of nitrogens with zero attached hydrogens (tertiary/aromatic N) is 1. The van der Waals surface area contributed by atoms with Gasteiger partial charge < -0.3 is 5.32 Å². The molecule has 1 aromatic carbocycles. The predicted molar refractivity (Wildman–Crippen MR) is 83.3 cm³/mol. The molecule has 1 N–H and O–H groups in total. The highest BCUT2D eigenvalue weighted by Crippen LogP contribution is 2.21. The van der Waals surface area contributed by atoms with E-state index in [2.05, 4.69) is 69.6 Å². The topological polar surface area (TPSA) is 24.9 Å². The average molecular weight is 319 g/mol. The third-order valence-electron chi connectivity index (χ3n) is 3.52. The first-order valence-electron chi connectivity index (χ1n) is 6.53. The molecule has 0 saturated carbocycles. The van der Waals surface area contributed by atoms with Crippen LogP contribution in [-0.2, 0) is 6.42 Å². The second kappa shape index (κ2) is 6.83. The zero-order valence-electron chi connectivity index (χ0n) is 11.3. The lowest BCUT2D eigenvalue weighted by atomic mass is 9.90. The van der Waals surface area contributed by atoms with Gasteiger partial charge in [-0.1, -0.05) is 37.3 Å². The Labute approximate surface area is 123 Å². The van der Waals surface area contributed by atoms with Gasteiger partial charge in [-0.15, -0.1) is 0 Å². The Hall–Kier alpha value is -1.19. The SMILES string of the molecule is CNC(Cc1ccc(Br)cn1)C(C)c1ccccc1. The minimum absolute atomic E-state index is 0.385. The third kappa shape index (κ3) is 3.88. The molecule has 0 saturated heterocycles. The fraction of sp³-hybridized carbons (Fsp3) is 0.312. The third-order valence-corrected chi connectivity index (χ3v) is 3.99. The molecule has 0 fully saturated rings. The molecule has 2 unspecified atom stereocenters. The lowest BCUT2D eigenvalue weighted by Gasteiger charge is -2.23. The van der Waals surface area contributed by atoms with E-state index in [0.717, 1.165) is 16.6 Å². The summed E-state index contributed by atoms with van der Waals surface area (Å²) in [6.45, 7) is 2.26. The predicted octanol–water partition coefficient (Wildman–Crippen LogP) is 3.78. The van der Waals surface area contributed by atoms with E-state index in [0.29, 0.717) is 12.0 Å². The lowest BCUT2D eigenvalue weighted by molar-refractivity contribution is 0.479. The van der Waals surface area contributed by atoms with Gasteiger partial charge in [0.25, 0.3) is 0 Å². The van der Waals surface area contributed by atoms with Crippen LogP contribution >= 0.6 is 15.9 Å². The monoisotopic (exact) mass is 318 g/mol. The van der Waals surface area contributed by atoms with Crippen molar-refractivity contribution in [1.82, 2.24) is 10.3 Å². The number of halogens is 1. The molecule has 1 heterocycles. The first-order chi connectivity index (χ1) is 9.20. The van der Waals surface area contributed by atoms with Gasteiger partial charge in [-0.3, -0.25) is 4.98 Å². The number of likely N-dealkylation sites (N-methyl/N-ethyl adjacent to an activating group) is 1. The summed E-state index contributed by atoms with van der Waals surface area (Å²) in [5.74, 6) is 0.455. The van der Waals surface area contributed by atoms with E-state index in [-0.39, 0.29) is 0 Å². The second-order valence-corrected chi connectivity index (χ2v) is 5.68. The van der Waals surface area contributed by atoms with Crippen LogP contribution in [0, 0.1) is 0 Å². The number of hydrogen-bond acceptors (Lipinski definition) is 2. The fourth-order valence-electron chi connectivity index (χ4n) is 2.27. The molecule has 0 aliphatic carbocycles. The van der Waals surface area contributed by atoms with Crippen LogP contribution in [-0.4, -0.2) is 18.1 Å². The number of pyridine rings is 1. The molecule has 0 aliphatic heterocycles. The summed E-state index contributed by atoms with van der Waals surface area (Å²) in [6.07, 6.45) is 2.79. The van der Waals surface area contributed by atoms with Gasteiger partial charge in [0.15, 0.2) is 0 Å². The van der Waals surface area contributed by atoms with Crippen LogP contribution in [0.4, 0.5) is 0 Å². The van der Waals surface area contributed by atoms with E-state index >= 15 is 0 Å². The van der Waals surface area contributed by atoms with E-state index in [1.54, 1.807) is 0 Å². The van der Waals surface area contributed by atoms with Gasteiger partial charge in [-0.05, 0) is 46.6 Å². The van der Waals surface area contributed by atoms with Gasteiger partial charge in [0.1, 0.15) is 0 Å². The Balaban J connectivity index is 2.10. The average Bonchev–Trinajstić information content (AvgIpc) is 2.47. The van der Waals surface area contributed by atoms with Crippen LogP contribution in [0.1, 0.15) is 24.1 Å². The van der Waals surface area contributed by atoms with Crippen molar-refractivity contribution in [2.45, 2.75) is 25.3 Å². The smallest absolute Gasteiger partial charge is 0.0420 e. The summed E-state index contributed by atoms with van der Waals surface area (Å²) in [6, 6.07) is 15.1. The summed E-state index contributed by atoms with van der Waals surface area (Å²) in [5.41, 5.74) is 2.48. The molecule has 3 heteroatoms. The highest BCUT2D eigenvalue weighted by molar-refractivity contribution is 9.10. The molecule has 2 rings (SSSR count). The van der Waals surface area contributed by atoms with Gasteiger partial charge in [-0.25, -0.2) is 0 Å². The molecule has 100 valence electrons. The number of rotatable bonds is 5. The standard InChI is InChI=1S/C16H19BrN2/c1-12(13-6-4-3-5-7-13)16(18-2)10-15-9-8-14(17)11-19-15/h3-9,11-12,16,18H,10H2,1-2H3. The van der Waals surface area contributed by atoms with Crippen molar-refractivity contribution in [2.24, 2.45) is 0 Å². The number of hydrogen-bond donors (Lipinski definition) is 1. The Morgan fingerprint density at radius 3 is 2.47 bits per heavy atom. The Bertz CT molecular complexity index is 496. The Morgan fingerprint density at radius 2 is 1.89 bits per heavy atom. The molecular weight excluding hydrogens is 300 g/mol. The number of benzene rings is 1. The van der Waals surface area contributed by atoms with Gasteiger partial charge in [0, 0.05) is 28.8 Å². The molecule has 0 aliphatic rings. The molecule has 2 atom stereocenters. The van der Waals surface area contributed by atoms with E-state index in [1.165, 1.54) is 5.56 Å². The summed E-state index contributed by atoms with van der Waals surface area (Å²) in [7, 11) is 2.02. The minimum atomic E-state index is 0.385. The molecule has 19 heavy (non-hydrogen) atoms. The maximum Gasteiger partial charge on any atom is 0.0420 e. The van der Waals surface area contributed by atoms with E-state index < -0.39 is 0 Å².